The summed E-state index contributed by atoms with van der Waals surface area (Å²) < 4.78 is 0. The second-order valence-corrected chi connectivity index (χ2v) is 5.56. The molecule has 2 aromatic rings. The number of nitrogens with one attached hydrogen (secondary N) is 2. The molecule has 1 unspecified atom stereocenters. The maximum atomic E-state index is 6.17. The molecule has 1 saturated heterocycles. The van der Waals surface area contributed by atoms with Crippen molar-refractivity contribution in [1.82, 2.24) is 10.3 Å². The predicted octanol–water partition coefficient (Wildman–Crippen LogP) is 3.30. The zero-order valence-corrected chi connectivity index (χ0v) is 11.6. The lowest BCUT2D eigenvalue weighted by atomic mass is 9.99. The van der Waals surface area contributed by atoms with Crippen molar-refractivity contribution in [2.75, 3.05) is 25.0 Å². The van der Waals surface area contributed by atoms with E-state index in [4.69, 9.17) is 11.6 Å². The summed E-state index contributed by atoms with van der Waals surface area (Å²) in [6.07, 6.45) is 4.37. The molecule has 0 spiro atoms. The third-order valence-corrected chi connectivity index (χ3v) is 3.87. The van der Waals surface area contributed by atoms with Gasteiger partial charge in [-0.2, -0.15) is 0 Å². The van der Waals surface area contributed by atoms with Crippen molar-refractivity contribution in [3.05, 3.63) is 35.5 Å². The fourth-order valence-electron chi connectivity index (χ4n) is 2.64. The Labute approximate surface area is 118 Å². The minimum absolute atomic E-state index is 0.687. The second kappa shape index (κ2) is 5.76. The molecule has 3 nitrogen and oxygen atoms in total. The third-order valence-electron chi connectivity index (χ3n) is 3.65. The first-order chi connectivity index (χ1) is 9.33. The Balaban J connectivity index is 1.79. The normalized spacial score (nSPS) is 19.5. The van der Waals surface area contributed by atoms with Gasteiger partial charge in [0.05, 0.1) is 11.2 Å². The number of benzene rings is 1. The molecule has 0 amide bonds. The van der Waals surface area contributed by atoms with E-state index in [-0.39, 0.29) is 0 Å². The molecule has 100 valence electrons. The smallest absolute Gasteiger partial charge is 0.0934 e. The van der Waals surface area contributed by atoms with Crippen LogP contribution >= 0.6 is 11.6 Å². The Morgan fingerprint density at radius 3 is 3.21 bits per heavy atom. The molecule has 1 aromatic carbocycles. The van der Waals surface area contributed by atoms with Gasteiger partial charge in [-0.25, -0.2) is 0 Å². The molecule has 1 aliphatic heterocycles. The van der Waals surface area contributed by atoms with Crippen molar-refractivity contribution in [1.29, 1.82) is 0 Å². The highest BCUT2D eigenvalue weighted by Crippen LogP contribution is 2.26. The summed E-state index contributed by atoms with van der Waals surface area (Å²) in [7, 11) is 0. The Hall–Kier alpha value is -1.32. The minimum Gasteiger partial charge on any atom is -0.383 e. The lowest BCUT2D eigenvalue weighted by Gasteiger charge is -2.23. The van der Waals surface area contributed by atoms with Crippen molar-refractivity contribution in [2.45, 2.75) is 12.8 Å². The van der Waals surface area contributed by atoms with E-state index >= 15 is 0 Å². The molecule has 0 saturated carbocycles. The summed E-state index contributed by atoms with van der Waals surface area (Å²) in [5.74, 6) is 0.687. The standard InChI is InChI=1S/C15H18ClN3/c16-13-7-12-4-2-6-18-15(12)14(8-13)19-10-11-3-1-5-17-9-11/h2,4,6-8,11,17,19H,1,3,5,9-10H2. The number of rotatable bonds is 3. The fraction of sp³-hybridized carbons (Fsp3) is 0.400. The summed E-state index contributed by atoms with van der Waals surface area (Å²) in [5, 5.41) is 8.79. The van der Waals surface area contributed by atoms with Crippen LogP contribution in [0.15, 0.2) is 30.5 Å². The van der Waals surface area contributed by atoms with Gasteiger partial charge in [0.25, 0.3) is 0 Å². The van der Waals surface area contributed by atoms with Crippen LogP contribution in [0.5, 0.6) is 0 Å². The number of fused-ring (bicyclic) bond motifs is 1. The molecule has 1 fully saturated rings. The number of pyridine rings is 1. The van der Waals surface area contributed by atoms with Crippen LogP contribution in [-0.2, 0) is 0 Å². The van der Waals surface area contributed by atoms with Crippen LogP contribution in [0.25, 0.3) is 10.9 Å². The van der Waals surface area contributed by atoms with Gasteiger partial charge in [-0.1, -0.05) is 17.7 Å². The number of nitrogens with zero attached hydrogens (tertiary/aromatic N) is 1. The highest BCUT2D eigenvalue weighted by molar-refractivity contribution is 6.31. The highest BCUT2D eigenvalue weighted by Gasteiger charge is 2.13. The Morgan fingerprint density at radius 1 is 1.42 bits per heavy atom. The van der Waals surface area contributed by atoms with E-state index in [1.807, 2.05) is 30.5 Å². The molecular formula is C15H18ClN3. The van der Waals surface area contributed by atoms with Crippen molar-refractivity contribution in [3.63, 3.8) is 0 Å². The van der Waals surface area contributed by atoms with Crippen molar-refractivity contribution in [3.8, 4) is 0 Å². The molecule has 2 heterocycles. The van der Waals surface area contributed by atoms with E-state index in [1.54, 1.807) is 0 Å². The average Bonchev–Trinajstić information content (AvgIpc) is 2.45. The molecule has 0 bridgehead atoms. The molecule has 1 aliphatic rings. The van der Waals surface area contributed by atoms with E-state index in [1.165, 1.54) is 12.8 Å². The predicted molar refractivity (Wildman–Crippen MR) is 80.8 cm³/mol. The largest absolute Gasteiger partial charge is 0.383 e. The Kier molecular flexibility index (Phi) is 3.85. The van der Waals surface area contributed by atoms with Crippen LogP contribution in [-0.4, -0.2) is 24.6 Å². The molecular weight excluding hydrogens is 258 g/mol. The number of halogens is 1. The van der Waals surface area contributed by atoms with Crippen LogP contribution in [0.4, 0.5) is 5.69 Å². The lowest BCUT2D eigenvalue weighted by Crippen LogP contribution is -2.33. The molecule has 3 rings (SSSR count). The molecule has 2 N–H and O–H groups in total. The highest BCUT2D eigenvalue weighted by atomic mass is 35.5. The molecule has 1 aromatic heterocycles. The van der Waals surface area contributed by atoms with Crippen LogP contribution in [0, 0.1) is 5.92 Å². The lowest BCUT2D eigenvalue weighted by molar-refractivity contribution is 0.393. The van der Waals surface area contributed by atoms with E-state index in [2.05, 4.69) is 15.6 Å². The van der Waals surface area contributed by atoms with Gasteiger partial charge >= 0.3 is 0 Å². The summed E-state index contributed by atoms with van der Waals surface area (Å²) in [4.78, 5) is 4.45. The average molecular weight is 276 g/mol. The fourth-order valence-corrected chi connectivity index (χ4v) is 2.87. The number of anilines is 1. The van der Waals surface area contributed by atoms with Gasteiger partial charge < -0.3 is 10.6 Å². The van der Waals surface area contributed by atoms with Crippen molar-refractivity contribution >= 4 is 28.2 Å². The molecule has 0 aliphatic carbocycles. The van der Waals surface area contributed by atoms with Crippen LogP contribution in [0.2, 0.25) is 5.02 Å². The van der Waals surface area contributed by atoms with E-state index in [9.17, 15) is 0 Å². The number of piperidine rings is 1. The number of hydrogen-bond acceptors (Lipinski definition) is 3. The van der Waals surface area contributed by atoms with Gasteiger partial charge in [0.15, 0.2) is 0 Å². The topological polar surface area (TPSA) is 37.0 Å². The Morgan fingerprint density at radius 2 is 2.37 bits per heavy atom. The second-order valence-electron chi connectivity index (χ2n) is 5.12. The third kappa shape index (κ3) is 2.99. The monoisotopic (exact) mass is 275 g/mol. The van der Waals surface area contributed by atoms with Gasteiger partial charge in [0.1, 0.15) is 0 Å². The first-order valence-electron chi connectivity index (χ1n) is 6.82. The first-order valence-corrected chi connectivity index (χ1v) is 7.19. The molecule has 1 atom stereocenters. The summed E-state index contributed by atoms with van der Waals surface area (Å²) >= 11 is 6.17. The van der Waals surface area contributed by atoms with Crippen LogP contribution in [0.3, 0.4) is 0 Å². The summed E-state index contributed by atoms with van der Waals surface area (Å²) in [5.41, 5.74) is 2.03. The number of aromatic nitrogens is 1. The first kappa shape index (κ1) is 12.7. The van der Waals surface area contributed by atoms with Gasteiger partial charge in [-0.3, -0.25) is 4.98 Å². The number of hydrogen-bond donors (Lipinski definition) is 2. The van der Waals surface area contributed by atoms with Crippen molar-refractivity contribution in [2.24, 2.45) is 5.92 Å². The SMILES string of the molecule is Clc1cc(NCC2CCCNC2)c2ncccc2c1. The zero-order valence-electron chi connectivity index (χ0n) is 10.8. The van der Waals surface area contributed by atoms with Crippen LogP contribution in [0.1, 0.15) is 12.8 Å². The van der Waals surface area contributed by atoms with Crippen LogP contribution < -0.4 is 10.6 Å². The van der Waals surface area contributed by atoms with Gasteiger partial charge in [0, 0.05) is 23.2 Å². The van der Waals surface area contributed by atoms with Gasteiger partial charge in [-0.15, -0.1) is 0 Å². The molecule has 0 radical (unpaired) electrons. The summed E-state index contributed by atoms with van der Waals surface area (Å²) in [6.45, 7) is 3.22. The zero-order chi connectivity index (χ0) is 13.1. The maximum absolute atomic E-state index is 6.17. The van der Waals surface area contributed by atoms with E-state index in [0.717, 1.165) is 41.2 Å². The molecule has 19 heavy (non-hydrogen) atoms. The van der Waals surface area contributed by atoms with E-state index in [0.29, 0.717) is 5.92 Å². The maximum Gasteiger partial charge on any atom is 0.0934 e. The van der Waals surface area contributed by atoms with Crippen molar-refractivity contribution < 1.29 is 0 Å². The quantitative estimate of drug-likeness (QED) is 0.902. The minimum atomic E-state index is 0.687. The van der Waals surface area contributed by atoms with Gasteiger partial charge in [0.2, 0.25) is 0 Å². The Bertz CT molecular complexity index is 564. The summed E-state index contributed by atoms with van der Waals surface area (Å²) in [6, 6.07) is 7.90. The van der Waals surface area contributed by atoms with Gasteiger partial charge in [-0.05, 0) is 50.0 Å². The van der Waals surface area contributed by atoms with E-state index < -0.39 is 0 Å². The molecule has 4 heteroatoms.